The average Bonchev–Trinajstić information content (AvgIpc) is 3.61. The van der Waals surface area contributed by atoms with Crippen LogP contribution in [0.15, 0.2) is 85.2 Å². The van der Waals surface area contributed by atoms with E-state index in [0.29, 0.717) is 30.4 Å². The standard InChI is InChI=1S/C33H33FN4O3/c1-41-25-15-11-23(12-16-25)20-38-29(17-18-35-38)24-13-9-22(10-14-24)19-37-21-26(32-27(34)5-4-7-30(32)37)33(40)36-28-6-2-3-8-31(28)39/h4-5,7,9-18,21,28,31,39H,2-3,6,8,19-20H2,1H3,(H,36,40)/t28-,31-/m0/s1. The molecule has 1 aliphatic rings. The molecule has 3 aromatic carbocycles. The van der Waals surface area contributed by atoms with Gasteiger partial charge < -0.3 is 19.7 Å². The number of carbonyl (C=O) groups excluding carboxylic acids is 1. The first-order valence-electron chi connectivity index (χ1n) is 14.0. The number of ether oxygens (including phenoxy) is 1. The average molecular weight is 553 g/mol. The number of benzene rings is 3. The number of nitrogens with zero attached hydrogens (tertiary/aromatic N) is 3. The Balaban J connectivity index is 1.22. The fourth-order valence-corrected chi connectivity index (χ4v) is 5.72. The second kappa shape index (κ2) is 11.6. The zero-order chi connectivity index (χ0) is 28.3. The normalized spacial score (nSPS) is 17.0. The van der Waals surface area contributed by atoms with E-state index in [1.807, 2.05) is 57.8 Å². The van der Waals surface area contributed by atoms with E-state index in [1.165, 1.54) is 6.07 Å². The Bertz CT molecular complexity index is 1660. The molecule has 0 radical (unpaired) electrons. The van der Waals surface area contributed by atoms with Crippen LogP contribution in [0.3, 0.4) is 0 Å². The number of aliphatic hydroxyl groups is 1. The maximum absolute atomic E-state index is 15.0. The minimum Gasteiger partial charge on any atom is -0.497 e. The van der Waals surface area contributed by atoms with Crippen LogP contribution in [0, 0.1) is 5.82 Å². The topological polar surface area (TPSA) is 81.3 Å². The highest BCUT2D eigenvalue weighted by Gasteiger charge is 2.27. The summed E-state index contributed by atoms with van der Waals surface area (Å²) in [5.41, 5.74) is 5.12. The largest absolute Gasteiger partial charge is 0.497 e. The number of fused-ring (bicyclic) bond motifs is 1. The van der Waals surface area contributed by atoms with Crippen molar-refractivity contribution in [3.05, 3.63) is 108 Å². The number of rotatable bonds is 8. The predicted molar refractivity (Wildman–Crippen MR) is 156 cm³/mol. The van der Waals surface area contributed by atoms with E-state index in [9.17, 15) is 14.3 Å². The molecule has 5 aromatic rings. The molecular formula is C33H33FN4O3. The number of hydrogen-bond donors (Lipinski definition) is 2. The Morgan fingerprint density at radius 1 is 1.00 bits per heavy atom. The van der Waals surface area contributed by atoms with Crippen molar-refractivity contribution in [2.24, 2.45) is 0 Å². The first-order valence-corrected chi connectivity index (χ1v) is 14.0. The van der Waals surface area contributed by atoms with Crippen molar-refractivity contribution in [3.63, 3.8) is 0 Å². The first kappa shape index (κ1) is 26.8. The van der Waals surface area contributed by atoms with Gasteiger partial charge in [-0.3, -0.25) is 9.48 Å². The fraction of sp³-hybridized carbons (Fsp3) is 0.273. The van der Waals surface area contributed by atoms with Gasteiger partial charge in [-0.2, -0.15) is 5.10 Å². The molecule has 41 heavy (non-hydrogen) atoms. The quantitative estimate of drug-likeness (QED) is 0.256. The lowest BCUT2D eigenvalue weighted by atomic mass is 9.92. The van der Waals surface area contributed by atoms with Gasteiger partial charge in [-0.25, -0.2) is 4.39 Å². The van der Waals surface area contributed by atoms with E-state index in [2.05, 4.69) is 22.5 Å². The van der Waals surface area contributed by atoms with Gasteiger partial charge in [0, 0.05) is 24.3 Å². The van der Waals surface area contributed by atoms with Crippen LogP contribution in [0.5, 0.6) is 5.75 Å². The lowest BCUT2D eigenvalue weighted by Gasteiger charge is -2.28. The number of halogens is 1. The third-order valence-corrected chi connectivity index (χ3v) is 7.96. The van der Waals surface area contributed by atoms with E-state index in [1.54, 1.807) is 25.6 Å². The van der Waals surface area contributed by atoms with E-state index >= 15 is 0 Å². The lowest BCUT2D eigenvalue weighted by Crippen LogP contribution is -2.45. The molecule has 0 unspecified atom stereocenters. The van der Waals surface area contributed by atoms with Gasteiger partial charge in [0.15, 0.2) is 0 Å². The van der Waals surface area contributed by atoms with Crippen molar-refractivity contribution in [1.82, 2.24) is 19.7 Å². The van der Waals surface area contributed by atoms with Crippen LogP contribution in [0.4, 0.5) is 4.39 Å². The van der Waals surface area contributed by atoms with Crippen LogP contribution < -0.4 is 10.1 Å². The zero-order valence-electron chi connectivity index (χ0n) is 23.0. The minimum absolute atomic E-state index is 0.287. The molecule has 210 valence electrons. The summed E-state index contributed by atoms with van der Waals surface area (Å²) in [6.07, 6.45) is 6.24. The zero-order valence-corrected chi connectivity index (χ0v) is 23.0. The van der Waals surface area contributed by atoms with Gasteiger partial charge in [0.2, 0.25) is 0 Å². The third kappa shape index (κ3) is 5.60. The van der Waals surface area contributed by atoms with Crippen LogP contribution in [-0.2, 0) is 13.1 Å². The Morgan fingerprint density at radius 3 is 2.49 bits per heavy atom. The number of methoxy groups -OCH3 is 1. The molecule has 1 fully saturated rings. The second-order valence-corrected chi connectivity index (χ2v) is 10.7. The number of nitrogens with one attached hydrogen (secondary N) is 1. The predicted octanol–water partition coefficient (Wildman–Crippen LogP) is 5.78. The molecule has 7 nitrogen and oxygen atoms in total. The lowest BCUT2D eigenvalue weighted by molar-refractivity contribution is 0.0718. The van der Waals surface area contributed by atoms with Crippen molar-refractivity contribution < 1.29 is 19.0 Å². The summed E-state index contributed by atoms with van der Waals surface area (Å²) in [5, 5.41) is 18.1. The maximum Gasteiger partial charge on any atom is 0.253 e. The summed E-state index contributed by atoms with van der Waals surface area (Å²) in [6, 6.07) is 22.7. The van der Waals surface area contributed by atoms with Gasteiger partial charge in [0.25, 0.3) is 5.91 Å². The molecule has 0 aliphatic heterocycles. The van der Waals surface area contributed by atoms with Gasteiger partial charge in [-0.05, 0) is 59.9 Å². The Kier molecular flexibility index (Phi) is 7.57. The molecule has 0 bridgehead atoms. The van der Waals surface area contributed by atoms with Crippen LogP contribution in [0.1, 0.15) is 47.2 Å². The molecule has 8 heteroatoms. The van der Waals surface area contributed by atoms with Crippen molar-refractivity contribution in [2.45, 2.75) is 50.9 Å². The number of amides is 1. The molecule has 6 rings (SSSR count). The van der Waals surface area contributed by atoms with Crippen LogP contribution in [0.25, 0.3) is 22.2 Å². The van der Waals surface area contributed by atoms with E-state index in [0.717, 1.165) is 47.4 Å². The molecule has 2 N–H and O–H groups in total. The van der Waals surface area contributed by atoms with Gasteiger partial charge in [0.05, 0.1) is 42.6 Å². The first-order chi connectivity index (χ1) is 20.0. The smallest absolute Gasteiger partial charge is 0.253 e. The highest BCUT2D eigenvalue weighted by molar-refractivity contribution is 6.07. The second-order valence-electron chi connectivity index (χ2n) is 10.7. The highest BCUT2D eigenvalue weighted by atomic mass is 19.1. The molecule has 1 aliphatic carbocycles. The Labute approximate surface area is 238 Å². The van der Waals surface area contributed by atoms with Gasteiger partial charge in [-0.15, -0.1) is 0 Å². The van der Waals surface area contributed by atoms with Crippen molar-refractivity contribution >= 4 is 16.8 Å². The summed E-state index contributed by atoms with van der Waals surface area (Å²) in [6.45, 7) is 1.11. The molecule has 0 spiro atoms. The maximum atomic E-state index is 15.0. The molecule has 0 saturated heterocycles. The Morgan fingerprint density at radius 2 is 1.73 bits per heavy atom. The molecule has 2 aromatic heterocycles. The van der Waals surface area contributed by atoms with E-state index in [-0.39, 0.29) is 17.5 Å². The van der Waals surface area contributed by atoms with Crippen LogP contribution in [-0.4, -0.2) is 44.6 Å². The Hall–Kier alpha value is -4.43. The van der Waals surface area contributed by atoms with Gasteiger partial charge in [-0.1, -0.05) is 55.3 Å². The monoisotopic (exact) mass is 552 g/mol. The number of hydrogen-bond acceptors (Lipinski definition) is 4. The van der Waals surface area contributed by atoms with Gasteiger partial charge in [0.1, 0.15) is 11.6 Å². The number of aromatic nitrogens is 3. The molecule has 2 heterocycles. The molecule has 1 amide bonds. The van der Waals surface area contributed by atoms with E-state index in [4.69, 9.17) is 4.74 Å². The fourth-order valence-electron chi connectivity index (χ4n) is 5.72. The molecule has 1 saturated carbocycles. The van der Waals surface area contributed by atoms with Crippen molar-refractivity contribution in [1.29, 1.82) is 0 Å². The van der Waals surface area contributed by atoms with Crippen LogP contribution >= 0.6 is 0 Å². The summed E-state index contributed by atoms with van der Waals surface area (Å²) in [7, 11) is 1.65. The number of aliphatic hydroxyl groups excluding tert-OH is 1. The number of carbonyl (C=O) groups is 1. The van der Waals surface area contributed by atoms with Crippen molar-refractivity contribution in [2.75, 3.05) is 7.11 Å². The summed E-state index contributed by atoms with van der Waals surface area (Å²) < 4.78 is 24.1. The minimum atomic E-state index is -0.572. The highest BCUT2D eigenvalue weighted by Crippen LogP contribution is 2.28. The van der Waals surface area contributed by atoms with Crippen LogP contribution in [0.2, 0.25) is 0 Å². The molecule has 2 atom stereocenters. The summed E-state index contributed by atoms with van der Waals surface area (Å²) in [4.78, 5) is 13.2. The summed E-state index contributed by atoms with van der Waals surface area (Å²) >= 11 is 0. The van der Waals surface area contributed by atoms with Gasteiger partial charge >= 0.3 is 0 Å². The van der Waals surface area contributed by atoms with Crippen molar-refractivity contribution in [3.8, 4) is 17.0 Å². The SMILES string of the molecule is COc1ccc(Cn2nccc2-c2ccc(Cn3cc(C(=O)N[C@H]4CCCC[C@@H]4O)c4c(F)cccc43)cc2)cc1. The van der Waals surface area contributed by atoms with E-state index < -0.39 is 11.9 Å². The summed E-state index contributed by atoms with van der Waals surface area (Å²) in [5.74, 6) is 0.0281. The third-order valence-electron chi connectivity index (χ3n) is 7.96. The molecular weight excluding hydrogens is 519 g/mol.